The van der Waals surface area contributed by atoms with E-state index in [1.807, 2.05) is 18.2 Å². The van der Waals surface area contributed by atoms with Gasteiger partial charge in [0.15, 0.2) is 6.61 Å². The molecule has 0 atom stereocenters. The fourth-order valence-corrected chi connectivity index (χ4v) is 2.76. The number of rotatable bonds is 2. The summed E-state index contributed by atoms with van der Waals surface area (Å²) >= 11 is 9.60. The normalized spacial score (nSPS) is 13.8. The van der Waals surface area contributed by atoms with Crippen molar-refractivity contribution in [3.05, 3.63) is 51.5 Å². The smallest absolute Gasteiger partial charge is 0.265 e. The average Bonchev–Trinajstić information content (AvgIpc) is 2.46. The second-order valence-corrected chi connectivity index (χ2v) is 6.05. The predicted molar refractivity (Wildman–Crippen MR) is 86.7 cm³/mol. The lowest BCUT2D eigenvalue weighted by Crippen LogP contribution is -2.38. The van der Waals surface area contributed by atoms with Gasteiger partial charge in [-0.25, -0.2) is 0 Å². The van der Waals surface area contributed by atoms with Gasteiger partial charge >= 0.3 is 0 Å². The van der Waals surface area contributed by atoms with Crippen molar-refractivity contribution in [1.82, 2.24) is 0 Å². The third-order valence-corrected chi connectivity index (χ3v) is 4.12. The lowest BCUT2D eigenvalue weighted by molar-refractivity contribution is -0.121. The summed E-state index contributed by atoms with van der Waals surface area (Å²) in [5.74, 6) is 0.567. The number of carbonyl (C=O) groups is 1. The van der Waals surface area contributed by atoms with Gasteiger partial charge in [0.05, 0.1) is 12.2 Å². The summed E-state index contributed by atoms with van der Waals surface area (Å²) in [7, 11) is 0. The molecule has 6 heteroatoms. The maximum absolute atomic E-state index is 12.2. The number of fused-ring (bicyclic) bond motifs is 1. The Kier molecular flexibility index (Phi) is 3.78. The Balaban J connectivity index is 2.00. The number of halogens is 2. The zero-order valence-corrected chi connectivity index (χ0v) is 13.3. The fourth-order valence-electron chi connectivity index (χ4n) is 2.23. The number of amides is 1. The first-order valence-corrected chi connectivity index (χ1v) is 7.48. The molecule has 1 aliphatic heterocycles. The van der Waals surface area contributed by atoms with Gasteiger partial charge in [-0.1, -0.05) is 27.5 Å². The predicted octanol–water partition coefficient (Wildman–Crippen LogP) is 3.61. The van der Waals surface area contributed by atoms with Crippen LogP contribution in [0.1, 0.15) is 5.56 Å². The Morgan fingerprint density at radius 2 is 2.10 bits per heavy atom. The SMILES string of the molecule is Nc1ccc(Cl)c(CN2C(=O)COc3ccc(Br)cc32)c1. The van der Waals surface area contributed by atoms with Gasteiger partial charge in [-0.2, -0.15) is 0 Å². The maximum atomic E-state index is 12.2. The van der Waals surface area contributed by atoms with E-state index in [-0.39, 0.29) is 12.5 Å². The Morgan fingerprint density at radius 1 is 1.29 bits per heavy atom. The number of anilines is 2. The van der Waals surface area contributed by atoms with E-state index in [1.54, 1.807) is 23.1 Å². The minimum Gasteiger partial charge on any atom is -0.482 e. The summed E-state index contributed by atoms with van der Waals surface area (Å²) in [6.07, 6.45) is 0. The molecule has 0 radical (unpaired) electrons. The van der Waals surface area contributed by atoms with E-state index in [4.69, 9.17) is 22.1 Å². The van der Waals surface area contributed by atoms with Crippen LogP contribution in [-0.4, -0.2) is 12.5 Å². The Hall–Kier alpha value is -1.72. The van der Waals surface area contributed by atoms with Crippen LogP contribution in [0.15, 0.2) is 40.9 Å². The number of carbonyl (C=O) groups excluding carboxylic acids is 1. The van der Waals surface area contributed by atoms with Gasteiger partial charge in [-0.15, -0.1) is 0 Å². The number of nitrogens with two attached hydrogens (primary N) is 1. The highest BCUT2D eigenvalue weighted by atomic mass is 79.9. The van der Waals surface area contributed by atoms with Crippen LogP contribution in [0.2, 0.25) is 5.02 Å². The summed E-state index contributed by atoms with van der Waals surface area (Å²) in [5, 5.41) is 0.583. The topological polar surface area (TPSA) is 55.6 Å². The number of nitrogens with zero attached hydrogens (tertiary/aromatic N) is 1. The van der Waals surface area contributed by atoms with Crippen LogP contribution in [0.5, 0.6) is 5.75 Å². The van der Waals surface area contributed by atoms with Gasteiger partial charge in [0.25, 0.3) is 5.91 Å². The molecule has 0 unspecified atom stereocenters. The van der Waals surface area contributed by atoms with E-state index < -0.39 is 0 Å². The lowest BCUT2D eigenvalue weighted by atomic mass is 10.1. The van der Waals surface area contributed by atoms with Gasteiger partial charge in [0.2, 0.25) is 0 Å². The molecule has 0 aliphatic carbocycles. The third-order valence-electron chi connectivity index (χ3n) is 3.26. The first-order chi connectivity index (χ1) is 10.0. The molecule has 3 rings (SSSR count). The van der Waals surface area contributed by atoms with Crippen molar-refractivity contribution in [3.8, 4) is 5.75 Å². The highest BCUT2D eigenvalue weighted by Gasteiger charge is 2.26. The molecular formula is C15H12BrClN2O2. The summed E-state index contributed by atoms with van der Waals surface area (Å²) in [4.78, 5) is 13.8. The third kappa shape index (κ3) is 2.84. The minimum atomic E-state index is -0.112. The van der Waals surface area contributed by atoms with Crippen molar-refractivity contribution in [2.45, 2.75) is 6.54 Å². The molecule has 0 bridgehead atoms. The molecule has 0 aromatic heterocycles. The molecule has 0 fully saturated rings. The van der Waals surface area contributed by atoms with E-state index in [0.717, 1.165) is 15.7 Å². The van der Waals surface area contributed by atoms with Crippen LogP contribution >= 0.6 is 27.5 Å². The Labute approximate surface area is 135 Å². The highest BCUT2D eigenvalue weighted by molar-refractivity contribution is 9.10. The Bertz CT molecular complexity index is 721. The molecule has 0 saturated carbocycles. The van der Waals surface area contributed by atoms with Gasteiger partial charge in [0.1, 0.15) is 5.75 Å². The van der Waals surface area contributed by atoms with Crippen molar-refractivity contribution in [3.63, 3.8) is 0 Å². The largest absolute Gasteiger partial charge is 0.482 e. The summed E-state index contributed by atoms with van der Waals surface area (Å²) in [6, 6.07) is 10.8. The average molecular weight is 368 g/mol. The number of ether oxygens (including phenoxy) is 1. The highest BCUT2D eigenvalue weighted by Crippen LogP contribution is 2.36. The van der Waals surface area contributed by atoms with Crippen molar-refractivity contribution in [1.29, 1.82) is 0 Å². The standard InChI is InChI=1S/C15H12BrClN2O2/c16-10-1-4-14-13(6-10)19(15(20)8-21-14)7-9-5-11(18)2-3-12(9)17/h1-6H,7-8,18H2. The fraction of sp³-hybridized carbons (Fsp3) is 0.133. The van der Waals surface area contributed by atoms with Gasteiger partial charge < -0.3 is 15.4 Å². The van der Waals surface area contributed by atoms with Crippen molar-refractivity contribution in [2.75, 3.05) is 17.2 Å². The summed E-state index contributed by atoms with van der Waals surface area (Å²) in [5.41, 5.74) is 7.93. The van der Waals surface area contributed by atoms with Crippen LogP contribution in [0, 0.1) is 0 Å². The van der Waals surface area contributed by atoms with E-state index >= 15 is 0 Å². The maximum Gasteiger partial charge on any atom is 0.265 e. The van der Waals surface area contributed by atoms with Gasteiger partial charge in [-0.3, -0.25) is 4.79 Å². The van der Waals surface area contributed by atoms with Crippen LogP contribution in [0.25, 0.3) is 0 Å². The molecule has 1 heterocycles. The second-order valence-electron chi connectivity index (χ2n) is 4.73. The van der Waals surface area contributed by atoms with Gasteiger partial charge in [-0.05, 0) is 42.0 Å². The molecule has 0 spiro atoms. The summed E-state index contributed by atoms with van der Waals surface area (Å²) < 4.78 is 6.32. The molecule has 2 aromatic rings. The van der Waals surface area contributed by atoms with E-state index in [1.165, 1.54) is 0 Å². The van der Waals surface area contributed by atoms with E-state index in [0.29, 0.717) is 23.0 Å². The zero-order valence-electron chi connectivity index (χ0n) is 11.0. The molecule has 2 aromatic carbocycles. The zero-order chi connectivity index (χ0) is 15.0. The number of hydrogen-bond donors (Lipinski definition) is 1. The molecule has 2 N–H and O–H groups in total. The first-order valence-electron chi connectivity index (χ1n) is 6.31. The first kappa shape index (κ1) is 14.2. The molecule has 1 amide bonds. The quantitative estimate of drug-likeness (QED) is 0.825. The van der Waals surface area contributed by atoms with Gasteiger partial charge in [0, 0.05) is 15.2 Å². The number of hydrogen-bond acceptors (Lipinski definition) is 3. The van der Waals surface area contributed by atoms with E-state index in [2.05, 4.69) is 15.9 Å². The van der Waals surface area contributed by atoms with Crippen molar-refractivity contribution >= 4 is 44.8 Å². The molecular weight excluding hydrogens is 356 g/mol. The minimum absolute atomic E-state index is 0.0224. The number of nitrogen functional groups attached to an aromatic ring is 1. The van der Waals surface area contributed by atoms with Crippen LogP contribution in [-0.2, 0) is 11.3 Å². The summed E-state index contributed by atoms with van der Waals surface area (Å²) in [6.45, 7) is 0.379. The van der Waals surface area contributed by atoms with Crippen LogP contribution in [0.4, 0.5) is 11.4 Å². The second kappa shape index (κ2) is 5.58. The molecule has 0 saturated heterocycles. The molecule has 21 heavy (non-hydrogen) atoms. The monoisotopic (exact) mass is 366 g/mol. The molecule has 1 aliphatic rings. The van der Waals surface area contributed by atoms with Crippen molar-refractivity contribution in [2.24, 2.45) is 0 Å². The van der Waals surface area contributed by atoms with Crippen LogP contribution in [0.3, 0.4) is 0 Å². The van der Waals surface area contributed by atoms with Crippen LogP contribution < -0.4 is 15.4 Å². The number of benzene rings is 2. The van der Waals surface area contributed by atoms with Crippen molar-refractivity contribution < 1.29 is 9.53 Å². The molecule has 4 nitrogen and oxygen atoms in total. The Morgan fingerprint density at radius 3 is 2.90 bits per heavy atom. The molecule has 108 valence electrons. The van der Waals surface area contributed by atoms with E-state index in [9.17, 15) is 4.79 Å². The lowest BCUT2D eigenvalue weighted by Gasteiger charge is -2.30.